The topological polar surface area (TPSA) is 94.7 Å². The molecule has 0 spiro atoms. The number of fused-ring (bicyclic) bond motifs is 1. The first kappa shape index (κ1) is 36.0. The Kier molecular flexibility index (Phi) is 14.9. The molecular formula is C35H46Cl2N6O2S. The van der Waals surface area contributed by atoms with E-state index in [2.05, 4.69) is 20.6 Å². The van der Waals surface area contributed by atoms with E-state index in [4.69, 9.17) is 23.2 Å². The van der Waals surface area contributed by atoms with Gasteiger partial charge in [-0.05, 0) is 37.1 Å². The Morgan fingerprint density at radius 2 is 1.41 bits per heavy atom. The summed E-state index contributed by atoms with van der Waals surface area (Å²) in [6, 6.07) is 12.7. The molecule has 2 aromatic heterocycles. The molecule has 4 rings (SSSR count). The Balaban J connectivity index is 0.974. The van der Waals surface area contributed by atoms with Crippen LogP contribution in [0.4, 0.5) is 5.69 Å². The summed E-state index contributed by atoms with van der Waals surface area (Å²) in [7, 11) is 3.69. The van der Waals surface area contributed by atoms with Crippen molar-refractivity contribution in [3.8, 4) is 0 Å². The summed E-state index contributed by atoms with van der Waals surface area (Å²) in [4.78, 5) is 24.6. The van der Waals surface area contributed by atoms with Crippen LogP contribution in [0.2, 0.25) is 10.0 Å². The molecule has 0 aliphatic rings. The number of halogens is 2. The minimum Gasteiger partial charge on any atom is -0.325 e. The predicted octanol–water partition coefficient (Wildman–Crippen LogP) is 9.15. The van der Waals surface area contributed by atoms with Crippen LogP contribution in [0.25, 0.3) is 10.8 Å². The third kappa shape index (κ3) is 11.1. The van der Waals surface area contributed by atoms with Crippen LogP contribution in [-0.4, -0.2) is 36.2 Å². The summed E-state index contributed by atoms with van der Waals surface area (Å²) in [5.74, 6) is 1.89. The highest BCUT2D eigenvalue weighted by atomic mass is 35.5. The predicted molar refractivity (Wildman–Crippen MR) is 191 cm³/mol. The zero-order valence-electron chi connectivity index (χ0n) is 27.1. The van der Waals surface area contributed by atoms with Crippen molar-refractivity contribution in [1.82, 2.24) is 24.5 Å². The summed E-state index contributed by atoms with van der Waals surface area (Å²) in [5.41, 5.74) is 1.36. The van der Waals surface area contributed by atoms with E-state index >= 15 is 0 Å². The van der Waals surface area contributed by atoms with Crippen molar-refractivity contribution in [2.24, 2.45) is 14.1 Å². The quantitative estimate of drug-likeness (QED) is 0.0737. The zero-order valence-corrected chi connectivity index (χ0v) is 29.4. The van der Waals surface area contributed by atoms with E-state index in [1.807, 2.05) is 35.9 Å². The molecule has 11 heteroatoms. The molecule has 0 saturated carbocycles. The number of carbonyl (C=O) groups excluding carboxylic acids is 1. The molecule has 1 amide bonds. The largest absolute Gasteiger partial charge is 0.325 e. The lowest BCUT2D eigenvalue weighted by atomic mass is 10.0. The van der Waals surface area contributed by atoms with Crippen molar-refractivity contribution >= 4 is 57.3 Å². The smallest absolute Gasteiger partial charge is 0.274 e. The normalized spacial score (nSPS) is 11.4. The Morgan fingerprint density at radius 1 is 0.804 bits per heavy atom. The van der Waals surface area contributed by atoms with E-state index in [1.165, 1.54) is 75.3 Å². The highest BCUT2D eigenvalue weighted by molar-refractivity contribution is 7.99. The number of nitrogens with one attached hydrogen (secondary N) is 1. The van der Waals surface area contributed by atoms with Crippen molar-refractivity contribution in [2.45, 2.75) is 101 Å². The van der Waals surface area contributed by atoms with Crippen molar-refractivity contribution in [3.05, 3.63) is 74.4 Å². The van der Waals surface area contributed by atoms with Gasteiger partial charge in [0.15, 0.2) is 5.16 Å². The van der Waals surface area contributed by atoms with Crippen LogP contribution >= 0.6 is 35.0 Å². The van der Waals surface area contributed by atoms with E-state index in [9.17, 15) is 9.59 Å². The average Bonchev–Trinajstić information content (AvgIpc) is 3.39. The second kappa shape index (κ2) is 19.1. The molecule has 0 bridgehead atoms. The van der Waals surface area contributed by atoms with Crippen LogP contribution in [0.5, 0.6) is 0 Å². The van der Waals surface area contributed by atoms with Crippen LogP contribution < -0.4 is 10.9 Å². The SMILES string of the molecule is Cn1c(Cc2nn(C)c(=O)c3ccccc23)nnc1SCCCCCCCCCCCCCCCC(=O)Nc1ccc(Cl)cc1Cl. The molecule has 1 N–H and O–H groups in total. The summed E-state index contributed by atoms with van der Waals surface area (Å²) < 4.78 is 3.45. The number of hydrogen-bond donors (Lipinski definition) is 1. The third-order valence-electron chi connectivity index (χ3n) is 8.27. The van der Waals surface area contributed by atoms with Crippen molar-refractivity contribution in [3.63, 3.8) is 0 Å². The number of thioether (sulfide) groups is 1. The standard InChI is InChI=1S/C35H46Cl2N6O2S/c1-42-32(25-31-27-18-15-16-19-28(27)34(45)43(2)41-31)39-40-35(42)46-23-17-13-11-9-7-5-3-4-6-8-10-12-14-20-33(44)38-30-22-21-26(36)24-29(30)37/h15-16,18-19,21-22,24H,3-14,17,20,23,25H2,1-2H3,(H,38,44). The van der Waals surface area contributed by atoms with E-state index in [0.29, 0.717) is 34.0 Å². The van der Waals surface area contributed by atoms with Gasteiger partial charge in [-0.15, -0.1) is 10.2 Å². The van der Waals surface area contributed by atoms with Gasteiger partial charge >= 0.3 is 0 Å². The van der Waals surface area contributed by atoms with Gasteiger partial charge in [-0.1, -0.05) is 124 Å². The van der Waals surface area contributed by atoms with Gasteiger partial charge in [-0.25, -0.2) is 4.68 Å². The van der Waals surface area contributed by atoms with E-state index in [0.717, 1.165) is 40.7 Å². The molecule has 46 heavy (non-hydrogen) atoms. The number of anilines is 1. The molecule has 0 aliphatic carbocycles. The molecule has 248 valence electrons. The van der Waals surface area contributed by atoms with Gasteiger partial charge in [0.2, 0.25) is 5.91 Å². The molecule has 0 fully saturated rings. The molecule has 2 aromatic carbocycles. The number of rotatable bonds is 20. The minimum atomic E-state index is -0.0877. The first-order valence-corrected chi connectivity index (χ1v) is 18.3. The fourth-order valence-corrected chi connectivity index (χ4v) is 6.96. The summed E-state index contributed by atoms with van der Waals surface area (Å²) in [6.07, 6.45) is 17.0. The molecule has 4 aromatic rings. The minimum absolute atomic E-state index is 0.00458. The van der Waals surface area contributed by atoms with Gasteiger partial charge in [0.05, 0.1) is 28.2 Å². The van der Waals surface area contributed by atoms with Crippen LogP contribution in [-0.2, 0) is 25.3 Å². The molecule has 0 radical (unpaired) electrons. The monoisotopic (exact) mass is 684 g/mol. The number of hydrogen-bond acceptors (Lipinski definition) is 6. The number of carbonyl (C=O) groups is 1. The number of benzene rings is 2. The Bertz CT molecular complexity index is 1620. The molecule has 2 heterocycles. The Morgan fingerprint density at radius 3 is 2.07 bits per heavy atom. The molecule has 0 atom stereocenters. The van der Waals surface area contributed by atoms with E-state index in [1.54, 1.807) is 37.0 Å². The second-order valence-corrected chi connectivity index (χ2v) is 13.8. The lowest BCUT2D eigenvalue weighted by Gasteiger charge is -2.08. The van der Waals surface area contributed by atoms with Gasteiger partial charge in [0.25, 0.3) is 5.56 Å². The first-order valence-electron chi connectivity index (χ1n) is 16.5. The van der Waals surface area contributed by atoms with E-state index < -0.39 is 0 Å². The number of amides is 1. The lowest BCUT2D eigenvalue weighted by Crippen LogP contribution is -2.21. The van der Waals surface area contributed by atoms with E-state index in [-0.39, 0.29) is 11.5 Å². The molecular weight excluding hydrogens is 639 g/mol. The van der Waals surface area contributed by atoms with Crippen molar-refractivity contribution in [1.29, 1.82) is 0 Å². The Labute approximate surface area is 286 Å². The maximum absolute atomic E-state index is 12.4. The third-order valence-corrected chi connectivity index (χ3v) is 9.92. The highest BCUT2D eigenvalue weighted by Gasteiger charge is 2.14. The van der Waals surface area contributed by atoms with Crippen molar-refractivity contribution in [2.75, 3.05) is 11.1 Å². The van der Waals surface area contributed by atoms with Gasteiger partial charge in [0, 0.05) is 36.7 Å². The lowest BCUT2D eigenvalue weighted by molar-refractivity contribution is -0.116. The number of aryl methyl sites for hydroxylation is 1. The second-order valence-electron chi connectivity index (χ2n) is 11.9. The number of nitrogens with zero attached hydrogens (tertiary/aromatic N) is 5. The fraction of sp³-hybridized carbons (Fsp3) is 0.514. The molecule has 0 unspecified atom stereocenters. The molecule has 0 aliphatic heterocycles. The molecule has 0 saturated heterocycles. The summed E-state index contributed by atoms with van der Waals surface area (Å²) in [6.45, 7) is 0. The van der Waals surface area contributed by atoms with Gasteiger partial charge in [0.1, 0.15) is 5.82 Å². The van der Waals surface area contributed by atoms with Crippen LogP contribution in [0, 0.1) is 0 Å². The van der Waals surface area contributed by atoms with Gasteiger partial charge in [-0.3, -0.25) is 9.59 Å². The maximum atomic E-state index is 12.4. The average molecular weight is 686 g/mol. The first-order chi connectivity index (χ1) is 22.3. The van der Waals surface area contributed by atoms with Crippen LogP contribution in [0.1, 0.15) is 101 Å². The fourth-order valence-electron chi connectivity index (χ4n) is 5.58. The molecule has 8 nitrogen and oxygen atoms in total. The number of unbranched alkanes of at least 4 members (excludes halogenated alkanes) is 12. The van der Waals surface area contributed by atoms with Crippen molar-refractivity contribution < 1.29 is 4.79 Å². The number of aromatic nitrogens is 5. The summed E-state index contributed by atoms with van der Waals surface area (Å²) >= 11 is 13.8. The maximum Gasteiger partial charge on any atom is 0.274 e. The highest BCUT2D eigenvalue weighted by Crippen LogP contribution is 2.26. The van der Waals surface area contributed by atoms with Crippen LogP contribution in [0.15, 0.2) is 52.4 Å². The van der Waals surface area contributed by atoms with Gasteiger partial charge < -0.3 is 9.88 Å². The zero-order chi connectivity index (χ0) is 32.7. The summed E-state index contributed by atoms with van der Waals surface area (Å²) in [5, 5.41) is 19.7. The Hall–Kier alpha value is -2.88. The van der Waals surface area contributed by atoms with Gasteiger partial charge in [-0.2, -0.15) is 5.10 Å². The van der Waals surface area contributed by atoms with Crippen LogP contribution in [0.3, 0.4) is 0 Å².